The van der Waals surface area contributed by atoms with Gasteiger partial charge >= 0.3 is 0 Å². The van der Waals surface area contributed by atoms with Crippen LogP contribution < -0.4 is 5.73 Å². The molecule has 0 radical (unpaired) electrons. The van der Waals surface area contributed by atoms with Crippen molar-refractivity contribution in [3.63, 3.8) is 0 Å². The lowest BCUT2D eigenvalue weighted by Crippen LogP contribution is -2.39. The summed E-state index contributed by atoms with van der Waals surface area (Å²) >= 11 is 7.43. The molecule has 0 aliphatic heterocycles. The Bertz CT molecular complexity index is 445. The van der Waals surface area contributed by atoms with Crippen molar-refractivity contribution in [3.05, 3.63) is 34.0 Å². The minimum Gasteiger partial charge on any atom is -0.334 e. The molecule has 1 unspecified atom stereocenters. The molecule has 0 saturated heterocycles. The van der Waals surface area contributed by atoms with Gasteiger partial charge in [0.05, 0.1) is 16.8 Å². The highest BCUT2D eigenvalue weighted by atomic mass is 35.5. The Kier molecular flexibility index (Phi) is 7.27. The van der Waals surface area contributed by atoms with Crippen molar-refractivity contribution < 1.29 is 4.79 Å². The highest BCUT2D eigenvalue weighted by Crippen LogP contribution is 2.24. The van der Waals surface area contributed by atoms with E-state index >= 15 is 0 Å². The molecule has 1 rings (SSSR count). The van der Waals surface area contributed by atoms with Crippen molar-refractivity contribution in [1.82, 2.24) is 4.90 Å². The first-order valence-electron chi connectivity index (χ1n) is 6.81. The summed E-state index contributed by atoms with van der Waals surface area (Å²) < 4.78 is 0.739. The second kappa shape index (κ2) is 8.45. The lowest BCUT2D eigenvalue weighted by atomic mass is 9.96. The van der Waals surface area contributed by atoms with Crippen LogP contribution in [0.25, 0.3) is 0 Å². The van der Waals surface area contributed by atoms with Gasteiger partial charge in [0, 0.05) is 18.0 Å². The molecule has 2 N–H and O–H groups in total. The van der Waals surface area contributed by atoms with E-state index in [-0.39, 0.29) is 11.8 Å². The molecular weight excluding hydrogens is 292 g/mol. The maximum absolute atomic E-state index is 12.6. The molecule has 1 aromatic heterocycles. The van der Waals surface area contributed by atoms with E-state index in [2.05, 4.69) is 20.4 Å². The number of carbonyl (C=O) groups excluding carboxylic acids is 1. The summed E-state index contributed by atoms with van der Waals surface area (Å²) in [6, 6.07) is 3.81. The fourth-order valence-corrected chi connectivity index (χ4v) is 3.24. The van der Waals surface area contributed by atoms with E-state index in [9.17, 15) is 4.79 Å². The molecule has 0 fully saturated rings. The fraction of sp³-hybridized carbons (Fsp3) is 0.533. The molecule has 3 nitrogen and oxygen atoms in total. The Hall–Kier alpha value is -0.840. The first kappa shape index (κ1) is 17.2. The molecule has 112 valence electrons. The van der Waals surface area contributed by atoms with E-state index in [4.69, 9.17) is 17.3 Å². The first-order valence-corrected chi connectivity index (χ1v) is 8.01. The van der Waals surface area contributed by atoms with Gasteiger partial charge in [0.1, 0.15) is 0 Å². The Morgan fingerprint density at radius 2 is 2.25 bits per heavy atom. The molecular formula is C15H23ClN2OS. The van der Waals surface area contributed by atoms with Crippen LogP contribution in [0.3, 0.4) is 0 Å². The maximum atomic E-state index is 12.6. The van der Waals surface area contributed by atoms with Crippen molar-refractivity contribution in [3.8, 4) is 0 Å². The van der Waals surface area contributed by atoms with E-state index in [1.54, 1.807) is 11.0 Å². The summed E-state index contributed by atoms with van der Waals surface area (Å²) in [4.78, 5) is 15.5. The van der Waals surface area contributed by atoms with E-state index in [1.807, 2.05) is 12.1 Å². The zero-order valence-corrected chi connectivity index (χ0v) is 13.7. The summed E-state index contributed by atoms with van der Waals surface area (Å²) in [5.41, 5.74) is 5.76. The van der Waals surface area contributed by atoms with E-state index < -0.39 is 0 Å². The highest BCUT2D eigenvalue weighted by molar-refractivity contribution is 7.16. The van der Waals surface area contributed by atoms with E-state index in [1.165, 1.54) is 11.3 Å². The Morgan fingerprint density at radius 1 is 1.55 bits per heavy atom. The molecule has 0 bridgehead atoms. The van der Waals surface area contributed by atoms with Crippen LogP contribution >= 0.6 is 22.9 Å². The molecule has 0 aliphatic carbocycles. The van der Waals surface area contributed by atoms with Gasteiger partial charge in [-0.15, -0.1) is 17.9 Å². The second-order valence-electron chi connectivity index (χ2n) is 5.28. The topological polar surface area (TPSA) is 46.3 Å². The van der Waals surface area contributed by atoms with Crippen LogP contribution in [0, 0.1) is 11.8 Å². The summed E-state index contributed by atoms with van der Waals surface area (Å²) in [7, 11) is 0. The van der Waals surface area contributed by atoms with Crippen molar-refractivity contribution in [2.45, 2.75) is 26.8 Å². The van der Waals surface area contributed by atoms with Gasteiger partial charge in [0.15, 0.2) is 0 Å². The zero-order valence-electron chi connectivity index (χ0n) is 12.1. The predicted octanol–water partition coefficient (Wildman–Crippen LogP) is 3.54. The molecule has 0 saturated carbocycles. The largest absolute Gasteiger partial charge is 0.334 e. The Labute approximate surface area is 130 Å². The van der Waals surface area contributed by atoms with Gasteiger partial charge < -0.3 is 10.6 Å². The van der Waals surface area contributed by atoms with Crippen LogP contribution in [0.2, 0.25) is 4.34 Å². The number of carbonyl (C=O) groups is 1. The molecule has 1 amide bonds. The van der Waals surface area contributed by atoms with Gasteiger partial charge in [-0.25, -0.2) is 0 Å². The molecule has 0 spiro atoms. The third kappa shape index (κ3) is 5.27. The van der Waals surface area contributed by atoms with Crippen molar-refractivity contribution in [1.29, 1.82) is 0 Å². The number of hydrogen-bond donors (Lipinski definition) is 1. The number of halogens is 1. The van der Waals surface area contributed by atoms with Gasteiger partial charge in [-0.1, -0.05) is 31.5 Å². The van der Waals surface area contributed by atoms with Crippen LogP contribution in [0.5, 0.6) is 0 Å². The summed E-state index contributed by atoms with van der Waals surface area (Å²) in [6.07, 6.45) is 2.56. The number of nitrogens with two attached hydrogens (primary N) is 1. The third-order valence-electron chi connectivity index (χ3n) is 3.03. The quantitative estimate of drug-likeness (QED) is 0.746. The molecule has 0 aromatic carbocycles. The SMILES string of the molecule is C=CCN(Cc1ccc(Cl)s1)C(=O)C(CN)CC(C)C. The molecule has 1 heterocycles. The smallest absolute Gasteiger partial charge is 0.227 e. The highest BCUT2D eigenvalue weighted by Gasteiger charge is 2.23. The zero-order chi connectivity index (χ0) is 15.1. The number of amides is 1. The molecule has 1 atom stereocenters. The van der Waals surface area contributed by atoms with Gasteiger partial charge in [0.25, 0.3) is 0 Å². The van der Waals surface area contributed by atoms with Gasteiger partial charge in [0.2, 0.25) is 5.91 Å². The first-order chi connectivity index (χ1) is 9.47. The number of thiophene rings is 1. The normalized spacial score (nSPS) is 12.4. The Balaban J connectivity index is 2.77. The van der Waals surface area contributed by atoms with Crippen LogP contribution in [-0.4, -0.2) is 23.9 Å². The average molecular weight is 315 g/mol. The minimum absolute atomic E-state index is 0.102. The molecule has 1 aromatic rings. The van der Waals surface area contributed by atoms with Crippen molar-refractivity contribution in [2.75, 3.05) is 13.1 Å². The van der Waals surface area contributed by atoms with Crippen LogP contribution in [0.4, 0.5) is 0 Å². The summed E-state index contributed by atoms with van der Waals surface area (Å²) in [5.74, 6) is 0.435. The number of hydrogen-bond acceptors (Lipinski definition) is 3. The monoisotopic (exact) mass is 314 g/mol. The van der Waals surface area contributed by atoms with Crippen molar-refractivity contribution >= 4 is 28.8 Å². The van der Waals surface area contributed by atoms with Gasteiger partial charge in [-0.2, -0.15) is 0 Å². The molecule has 5 heteroatoms. The van der Waals surface area contributed by atoms with Crippen LogP contribution in [0.15, 0.2) is 24.8 Å². The van der Waals surface area contributed by atoms with E-state index in [0.29, 0.717) is 25.6 Å². The lowest BCUT2D eigenvalue weighted by Gasteiger charge is -2.26. The second-order valence-corrected chi connectivity index (χ2v) is 7.08. The molecule has 0 aliphatic rings. The number of rotatable bonds is 8. The van der Waals surface area contributed by atoms with Gasteiger partial charge in [-0.05, 0) is 24.5 Å². The fourth-order valence-electron chi connectivity index (χ4n) is 2.14. The van der Waals surface area contributed by atoms with E-state index in [0.717, 1.165) is 15.6 Å². The molecule has 20 heavy (non-hydrogen) atoms. The standard InChI is InChI=1S/C15H23ClN2OS/c1-4-7-18(10-13-5-6-14(16)20-13)15(19)12(9-17)8-11(2)3/h4-6,11-12H,1,7-10,17H2,2-3H3. The summed E-state index contributed by atoms with van der Waals surface area (Å²) in [5, 5.41) is 0. The van der Waals surface area contributed by atoms with Crippen LogP contribution in [-0.2, 0) is 11.3 Å². The van der Waals surface area contributed by atoms with Crippen molar-refractivity contribution in [2.24, 2.45) is 17.6 Å². The third-order valence-corrected chi connectivity index (χ3v) is 4.24. The van der Waals surface area contributed by atoms with Crippen LogP contribution in [0.1, 0.15) is 25.1 Å². The van der Waals surface area contributed by atoms with Gasteiger partial charge in [-0.3, -0.25) is 4.79 Å². The average Bonchev–Trinajstić information content (AvgIpc) is 2.80. The lowest BCUT2D eigenvalue weighted by molar-refractivity contribution is -0.135. The Morgan fingerprint density at radius 3 is 2.70 bits per heavy atom. The predicted molar refractivity (Wildman–Crippen MR) is 86.9 cm³/mol. The maximum Gasteiger partial charge on any atom is 0.227 e. The number of nitrogens with zero attached hydrogens (tertiary/aromatic N) is 1. The summed E-state index contributed by atoms with van der Waals surface area (Å²) in [6.45, 7) is 9.42. The minimum atomic E-state index is -0.120.